The van der Waals surface area contributed by atoms with Crippen molar-refractivity contribution in [2.24, 2.45) is 17.8 Å². The highest BCUT2D eigenvalue weighted by molar-refractivity contribution is 9.11. The van der Waals surface area contributed by atoms with Gasteiger partial charge < -0.3 is 43.8 Å². The number of carbonyl (C=O) groups excluding carboxylic acids is 3. The van der Waals surface area contributed by atoms with Gasteiger partial charge in [0.2, 0.25) is 0 Å². The molecule has 3 aliphatic heterocycles. The molecule has 3 aromatic carbocycles. The topological polar surface area (TPSA) is 209 Å². The van der Waals surface area contributed by atoms with Crippen molar-refractivity contribution in [3.63, 3.8) is 0 Å². The van der Waals surface area contributed by atoms with Gasteiger partial charge in [0.1, 0.15) is 17.5 Å². The molecule has 0 fully saturated rings. The van der Waals surface area contributed by atoms with E-state index in [0.717, 1.165) is 193 Å². The van der Waals surface area contributed by atoms with E-state index in [1.165, 1.54) is 72.4 Å². The predicted octanol–water partition coefficient (Wildman–Crippen LogP) is 16.9. The van der Waals surface area contributed by atoms with Crippen LogP contribution in [0.2, 0.25) is 0 Å². The van der Waals surface area contributed by atoms with Gasteiger partial charge >= 0.3 is 0 Å². The summed E-state index contributed by atoms with van der Waals surface area (Å²) in [4.78, 5) is 82.1. The third kappa shape index (κ3) is 18.0. The van der Waals surface area contributed by atoms with Gasteiger partial charge in [0, 0.05) is 147 Å². The summed E-state index contributed by atoms with van der Waals surface area (Å²) in [6.45, 7) is 14.8. The molecule has 12 aromatic rings. The normalized spacial score (nSPS) is 14.4. The molecular weight excluding hydrogens is 1340 g/mol. The Balaban J connectivity index is 0.000000131. The second kappa shape index (κ2) is 33.9. The molecule has 0 radical (unpaired) electrons. The average Bonchev–Trinajstić information content (AvgIpc) is 1.79. The number of ketones is 3. The van der Waals surface area contributed by atoms with E-state index < -0.39 is 0 Å². The number of halogens is 1. The van der Waals surface area contributed by atoms with Crippen molar-refractivity contribution < 1.29 is 14.4 Å². The second-order valence-corrected chi connectivity index (χ2v) is 30.0. The van der Waals surface area contributed by atoms with Crippen LogP contribution in [0.15, 0.2) is 151 Å². The summed E-state index contributed by atoms with van der Waals surface area (Å²) in [7, 11) is 0. The van der Waals surface area contributed by atoms with Crippen LogP contribution in [0.4, 0.5) is 10.3 Å². The van der Waals surface area contributed by atoms with Gasteiger partial charge in [-0.15, -0.1) is 11.3 Å². The number of hydrogen-bond acceptors (Lipinski definition) is 15. The summed E-state index contributed by atoms with van der Waals surface area (Å²) in [5, 5.41) is 8.89. The molecule has 3 unspecified atom stereocenters. The third-order valence-electron chi connectivity index (χ3n) is 18.8. The lowest BCUT2D eigenvalue weighted by Crippen LogP contribution is -2.33. The molecule has 0 saturated carbocycles. The van der Waals surface area contributed by atoms with Gasteiger partial charge in [-0.25, -0.2) is 29.9 Å². The van der Waals surface area contributed by atoms with Crippen LogP contribution in [0.5, 0.6) is 0 Å². The first kappa shape index (κ1) is 68.8. The SMILES string of the molecule is CCCCC(CC(=O)c1cnc(Br)s1)Cc1c[nH]c2ccccc12.CCCCC(CC(=O)c1cnc(N2CCn3ccnc3C2)s1)Cc1c[nH]c2ccccc12.CCCCC(CC(=O)c1cnc(N2CCn3ccnc3C2)s1)Cc1c[nH]c2ccccc12.c1cn2c(n1)CNCC2. The number of thiazole rings is 3. The van der Waals surface area contributed by atoms with Crippen LogP contribution in [0.1, 0.15) is 161 Å². The van der Waals surface area contributed by atoms with E-state index >= 15 is 0 Å². The predicted molar refractivity (Wildman–Crippen MR) is 396 cm³/mol. The highest BCUT2D eigenvalue weighted by Crippen LogP contribution is 2.34. The molecule has 12 heterocycles. The minimum Gasteiger partial charge on any atom is -0.361 e. The Bertz CT molecular complexity index is 4270. The Labute approximate surface area is 588 Å². The lowest BCUT2D eigenvalue weighted by molar-refractivity contribution is 0.0953. The number of Topliss-reactive ketones (excluding diaryl/α,β-unsaturated/α-hetero) is 3. The van der Waals surface area contributed by atoms with Crippen LogP contribution in [0.25, 0.3) is 32.7 Å². The first-order valence-corrected chi connectivity index (χ1v) is 37.8. The quantitative estimate of drug-likeness (QED) is 0.0373. The van der Waals surface area contributed by atoms with Gasteiger partial charge in [-0.3, -0.25) is 14.4 Å². The molecule has 0 amide bonds. The molecule has 97 heavy (non-hydrogen) atoms. The second-order valence-electron chi connectivity index (χ2n) is 25.7. The van der Waals surface area contributed by atoms with Crippen molar-refractivity contribution in [2.75, 3.05) is 29.4 Å². The molecule has 15 rings (SSSR count). The van der Waals surface area contributed by atoms with Gasteiger partial charge in [0.15, 0.2) is 31.5 Å². The standard InChI is InChI=1S/2C25H29N5OS.C19H21BrN2OS.C6H9N3/c2*1-2-3-6-18(13-19-15-27-21-8-5-4-7-20(19)21)14-22(31)23-16-28-25(32-23)30-12-11-29-10-9-26-24(29)17-30;1-2-3-6-13(10-17(23)18-12-22-19(20)24-18)9-14-11-21-16-8-5-4-7-15(14)16;1-3-9-4-2-8-6(9)5-7-1/h2*4-5,7-10,15-16,18,27H,2-3,6,11-14,17H2,1H3;4-5,7-8,11-13,21H,2-3,6,9-10H2,1H3;2,4,7H,1,3,5H2. The number of nitrogens with one attached hydrogen (secondary N) is 4. The van der Waals surface area contributed by atoms with Gasteiger partial charge in [0.25, 0.3) is 0 Å². The van der Waals surface area contributed by atoms with E-state index in [4.69, 9.17) is 0 Å². The molecule has 18 nitrogen and oxygen atoms in total. The number of aromatic amines is 3. The molecule has 3 aliphatic rings. The molecule has 0 saturated heterocycles. The van der Waals surface area contributed by atoms with Crippen LogP contribution in [-0.2, 0) is 58.5 Å². The number of carbonyl (C=O) groups is 3. The number of rotatable bonds is 26. The Hall–Kier alpha value is -8.15. The van der Waals surface area contributed by atoms with Crippen molar-refractivity contribution in [1.29, 1.82) is 0 Å². The molecular formula is C75H88BrN15O3S3. The summed E-state index contributed by atoms with van der Waals surface area (Å²) in [5.41, 5.74) is 7.42. The number of hydrogen-bond donors (Lipinski definition) is 4. The number of aromatic nitrogens is 12. The number of fused-ring (bicyclic) bond motifs is 6. The zero-order valence-corrected chi connectivity index (χ0v) is 59.8. The summed E-state index contributed by atoms with van der Waals surface area (Å²) in [6.07, 6.45) is 37.8. The van der Waals surface area contributed by atoms with E-state index in [-0.39, 0.29) is 17.3 Å². The van der Waals surface area contributed by atoms with Crippen LogP contribution in [0.3, 0.4) is 0 Å². The number of para-hydroxylation sites is 3. The summed E-state index contributed by atoms with van der Waals surface area (Å²) in [5.74, 6) is 4.96. The Morgan fingerprint density at radius 1 is 0.474 bits per heavy atom. The zero-order valence-electron chi connectivity index (χ0n) is 55.8. The molecule has 22 heteroatoms. The number of H-pyrrole nitrogens is 3. The fraction of sp³-hybridized carbons (Fsp3) is 0.400. The summed E-state index contributed by atoms with van der Waals surface area (Å²) >= 11 is 7.80. The third-order valence-corrected chi connectivity index (χ3v) is 22.5. The van der Waals surface area contributed by atoms with Crippen LogP contribution in [-0.4, -0.2) is 95.5 Å². The first-order valence-electron chi connectivity index (χ1n) is 34.5. The maximum Gasteiger partial charge on any atom is 0.186 e. The van der Waals surface area contributed by atoms with Crippen molar-refractivity contribution >= 4 is 110 Å². The van der Waals surface area contributed by atoms with Crippen LogP contribution >= 0.6 is 49.9 Å². The zero-order chi connectivity index (χ0) is 66.9. The number of unbranched alkanes of at least 4 members (excludes halogenated alkanes) is 3. The highest BCUT2D eigenvalue weighted by Gasteiger charge is 2.26. The van der Waals surface area contributed by atoms with Gasteiger partial charge in [0.05, 0.1) is 52.9 Å². The monoisotopic (exact) mass is 1420 g/mol. The number of nitrogens with zero attached hydrogens (tertiary/aromatic N) is 11. The Morgan fingerprint density at radius 3 is 1.25 bits per heavy atom. The number of anilines is 2. The molecule has 4 N–H and O–H groups in total. The summed E-state index contributed by atoms with van der Waals surface area (Å²) < 4.78 is 7.31. The minimum atomic E-state index is 0.208. The van der Waals surface area contributed by atoms with Crippen molar-refractivity contribution in [1.82, 2.24) is 63.9 Å². The molecule has 9 aromatic heterocycles. The van der Waals surface area contributed by atoms with Gasteiger partial charge in [-0.1, -0.05) is 137 Å². The molecule has 0 bridgehead atoms. The average molecular weight is 1420 g/mol. The highest BCUT2D eigenvalue weighted by atomic mass is 79.9. The number of benzene rings is 3. The van der Waals surface area contributed by atoms with Crippen molar-refractivity contribution in [2.45, 2.75) is 156 Å². The fourth-order valence-electron chi connectivity index (χ4n) is 13.5. The first-order chi connectivity index (χ1) is 47.6. The van der Waals surface area contributed by atoms with E-state index in [2.05, 4.69) is 196 Å². The lowest BCUT2D eigenvalue weighted by Gasteiger charge is -2.27. The molecule has 3 atom stereocenters. The Kier molecular flexibility index (Phi) is 24.0. The smallest absolute Gasteiger partial charge is 0.186 e. The van der Waals surface area contributed by atoms with E-state index in [0.29, 0.717) is 37.0 Å². The molecule has 0 aliphatic carbocycles. The van der Waals surface area contributed by atoms with Gasteiger partial charge in [-0.2, -0.15) is 0 Å². The molecule has 0 spiro atoms. The summed E-state index contributed by atoms with van der Waals surface area (Å²) in [6, 6.07) is 25.2. The lowest BCUT2D eigenvalue weighted by atomic mass is 9.89. The maximum absolute atomic E-state index is 13.2. The van der Waals surface area contributed by atoms with Crippen molar-refractivity contribution in [3.8, 4) is 0 Å². The van der Waals surface area contributed by atoms with Crippen LogP contribution in [0, 0.1) is 17.8 Å². The largest absolute Gasteiger partial charge is 0.361 e. The fourth-order valence-corrected chi connectivity index (χ4v) is 16.5. The van der Waals surface area contributed by atoms with E-state index in [9.17, 15) is 14.4 Å². The van der Waals surface area contributed by atoms with E-state index in [1.54, 1.807) is 18.6 Å². The van der Waals surface area contributed by atoms with Gasteiger partial charge in [-0.05, 0) is 107 Å². The van der Waals surface area contributed by atoms with Crippen LogP contribution < -0.4 is 15.1 Å². The van der Waals surface area contributed by atoms with Crippen molar-refractivity contribution in [3.05, 3.63) is 200 Å². The minimum absolute atomic E-state index is 0.208. The number of imidazole rings is 3. The molecule has 506 valence electrons. The maximum atomic E-state index is 13.2. The van der Waals surface area contributed by atoms with E-state index in [1.807, 2.05) is 43.2 Å². The Morgan fingerprint density at radius 2 is 0.856 bits per heavy atom.